The van der Waals surface area contributed by atoms with E-state index in [1.54, 1.807) is 0 Å². The predicted octanol–water partition coefficient (Wildman–Crippen LogP) is 1.98. The molecule has 0 aliphatic heterocycles. The second-order valence-electron chi connectivity index (χ2n) is 5.25. The third-order valence-corrected chi connectivity index (χ3v) is 3.40. The molecular weight excluding hydrogens is 232 g/mol. The molecule has 18 heavy (non-hydrogen) atoms. The van der Waals surface area contributed by atoms with Crippen LogP contribution in [-0.2, 0) is 4.79 Å². The lowest BCUT2D eigenvalue weighted by Crippen LogP contribution is -2.44. The zero-order valence-corrected chi connectivity index (χ0v) is 11.2. The first kappa shape index (κ1) is 14.8. The van der Waals surface area contributed by atoms with Crippen LogP contribution in [0.5, 0.6) is 0 Å². The first-order chi connectivity index (χ1) is 8.52. The van der Waals surface area contributed by atoms with Gasteiger partial charge in [-0.2, -0.15) is 0 Å². The summed E-state index contributed by atoms with van der Waals surface area (Å²) in [6, 6.07) is -0.522. The first-order valence-corrected chi connectivity index (χ1v) is 6.79. The topological polar surface area (TPSA) is 78.4 Å². The van der Waals surface area contributed by atoms with Gasteiger partial charge in [0.15, 0.2) is 0 Å². The molecule has 0 aromatic rings. The second kappa shape index (κ2) is 7.24. The van der Waals surface area contributed by atoms with E-state index in [0.29, 0.717) is 18.9 Å². The van der Waals surface area contributed by atoms with Crippen molar-refractivity contribution in [2.24, 2.45) is 11.8 Å². The largest absolute Gasteiger partial charge is 0.481 e. The molecule has 3 N–H and O–H groups in total. The maximum atomic E-state index is 11.6. The van der Waals surface area contributed by atoms with Crippen molar-refractivity contribution in [3.05, 3.63) is 0 Å². The summed E-state index contributed by atoms with van der Waals surface area (Å²) in [4.78, 5) is 22.3. The second-order valence-corrected chi connectivity index (χ2v) is 5.25. The molecule has 1 saturated carbocycles. The van der Waals surface area contributed by atoms with Crippen LogP contribution in [-0.4, -0.2) is 29.7 Å². The minimum absolute atomic E-state index is 0.0144. The molecule has 0 heterocycles. The van der Waals surface area contributed by atoms with Crippen molar-refractivity contribution in [2.75, 3.05) is 6.54 Å². The number of urea groups is 1. The monoisotopic (exact) mass is 256 g/mol. The molecule has 104 valence electrons. The third-order valence-electron chi connectivity index (χ3n) is 3.40. The van der Waals surface area contributed by atoms with E-state index < -0.39 is 5.97 Å². The Kier molecular flexibility index (Phi) is 5.95. The van der Waals surface area contributed by atoms with Gasteiger partial charge in [-0.25, -0.2) is 4.79 Å². The number of carbonyl (C=O) groups excluding carboxylic acids is 1. The van der Waals surface area contributed by atoms with Crippen molar-refractivity contribution >= 4 is 12.0 Å². The molecule has 0 aromatic heterocycles. The van der Waals surface area contributed by atoms with Crippen molar-refractivity contribution in [1.82, 2.24) is 10.6 Å². The quantitative estimate of drug-likeness (QED) is 0.621. The van der Waals surface area contributed by atoms with Gasteiger partial charge in [-0.05, 0) is 31.1 Å². The number of carboxylic acid groups (broad SMARTS) is 1. The summed E-state index contributed by atoms with van der Waals surface area (Å²) >= 11 is 0. The Labute approximate surface area is 108 Å². The molecule has 2 unspecified atom stereocenters. The number of carboxylic acids is 1. The van der Waals surface area contributed by atoms with Gasteiger partial charge in [-0.15, -0.1) is 0 Å². The first-order valence-electron chi connectivity index (χ1n) is 6.79. The van der Waals surface area contributed by atoms with Gasteiger partial charge in [-0.1, -0.05) is 20.3 Å². The van der Waals surface area contributed by atoms with Gasteiger partial charge >= 0.3 is 12.0 Å². The summed E-state index contributed by atoms with van der Waals surface area (Å²) in [6.45, 7) is 4.78. The number of aliphatic carboxylic acids is 1. The van der Waals surface area contributed by atoms with E-state index >= 15 is 0 Å². The van der Waals surface area contributed by atoms with Crippen LogP contribution < -0.4 is 10.6 Å². The van der Waals surface area contributed by atoms with Crippen LogP contribution >= 0.6 is 0 Å². The van der Waals surface area contributed by atoms with Crippen LogP contribution in [0.15, 0.2) is 0 Å². The summed E-state index contributed by atoms with van der Waals surface area (Å²) in [5, 5.41) is 14.3. The van der Waals surface area contributed by atoms with Gasteiger partial charge in [0.05, 0.1) is 6.42 Å². The standard InChI is InChI=1S/C13H24N2O3/c1-3-4-11(7-12(16)17)15-13(18)14-8-9(2)10-5-6-10/h9-11H,3-8H2,1-2H3,(H,16,17)(H2,14,15,18). The lowest BCUT2D eigenvalue weighted by molar-refractivity contribution is -0.137. The van der Waals surface area contributed by atoms with Gasteiger partial charge in [0.2, 0.25) is 0 Å². The molecule has 0 bridgehead atoms. The van der Waals surface area contributed by atoms with Crippen LogP contribution in [0.3, 0.4) is 0 Å². The van der Waals surface area contributed by atoms with E-state index in [2.05, 4.69) is 17.6 Å². The van der Waals surface area contributed by atoms with Crippen molar-refractivity contribution in [3.63, 3.8) is 0 Å². The van der Waals surface area contributed by atoms with Crippen molar-refractivity contribution in [2.45, 2.75) is 52.0 Å². The highest BCUT2D eigenvalue weighted by molar-refractivity contribution is 5.75. The van der Waals surface area contributed by atoms with Crippen LogP contribution in [0, 0.1) is 11.8 Å². The number of rotatable bonds is 8. The molecule has 0 saturated heterocycles. The normalized spacial score (nSPS) is 17.9. The van der Waals surface area contributed by atoms with E-state index in [1.807, 2.05) is 6.92 Å². The van der Waals surface area contributed by atoms with Gasteiger partial charge in [0.1, 0.15) is 0 Å². The molecule has 5 nitrogen and oxygen atoms in total. The lowest BCUT2D eigenvalue weighted by Gasteiger charge is -2.18. The van der Waals surface area contributed by atoms with Gasteiger partial charge in [0.25, 0.3) is 0 Å². The Hall–Kier alpha value is -1.26. The summed E-state index contributed by atoms with van der Waals surface area (Å²) in [5.74, 6) is 0.399. The molecule has 1 fully saturated rings. The fourth-order valence-electron chi connectivity index (χ4n) is 2.11. The van der Waals surface area contributed by atoms with Gasteiger partial charge < -0.3 is 15.7 Å². The fraction of sp³-hybridized carbons (Fsp3) is 0.846. The highest BCUT2D eigenvalue weighted by Gasteiger charge is 2.28. The number of carbonyl (C=O) groups is 2. The average Bonchev–Trinajstić information content (AvgIpc) is 3.09. The summed E-state index contributed by atoms with van der Waals surface area (Å²) in [6.07, 6.45) is 4.07. The zero-order chi connectivity index (χ0) is 13.5. The molecule has 2 amide bonds. The maximum absolute atomic E-state index is 11.6. The average molecular weight is 256 g/mol. The van der Waals surface area contributed by atoms with Crippen LogP contribution in [0.2, 0.25) is 0 Å². The molecule has 2 atom stereocenters. The molecular formula is C13H24N2O3. The summed E-state index contributed by atoms with van der Waals surface area (Å²) < 4.78 is 0. The van der Waals surface area contributed by atoms with Crippen LogP contribution in [0.1, 0.15) is 46.0 Å². The van der Waals surface area contributed by atoms with Crippen molar-refractivity contribution < 1.29 is 14.7 Å². The van der Waals surface area contributed by atoms with Crippen molar-refractivity contribution in [3.8, 4) is 0 Å². The van der Waals surface area contributed by atoms with Crippen LogP contribution in [0.4, 0.5) is 4.79 Å². The highest BCUT2D eigenvalue weighted by Crippen LogP contribution is 2.35. The molecule has 5 heteroatoms. The summed E-state index contributed by atoms with van der Waals surface area (Å²) in [5.41, 5.74) is 0. The minimum Gasteiger partial charge on any atom is -0.481 e. The molecule has 1 rings (SSSR count). The number of amides is 2. The van der Waals surface area contributed by atoms with E-state index in [0.717, 1.165) is 12.3 Å². The Bertz CT molecular complexity index is 290. The van der Waals surface area contributed by atoms with Crippen LogP contribution in [0.25, 0.3) is 0 Å². The third kappa shape index (κ3) is 5.89. The SMILES string of the molecule is CCCC(CC(=O)O)NC(=O)NCC(C)C1CC1. The Morgan fingerprint density at radius 2 is 2.06 bits per heavy atom. The highest BCUT2D eigenvalue weighted by atomic mass is 16.4. The smallest absolute Gasteiger partial charge is 0.315 e. The lowest BCUT2D eigenvalue weighted by atomic mass is 10.1. The number of nitrogens with one attached hydrogen (secondary N) is 2. The van der Waals surface area contributed by atoms with E-state index in [4.69, 9.17) is 5.11 Å². The molecule has 0 radical (unpaired) electrons. The summed E-state index contributed by atoms with van der Waals surface area (Å²) in [7, 11) is 0. The number of hydrogen-bond donors (Lipinski definition) is 3. The number of hydrogen-bond acceptors (Lipinski definition) is 2. The zero-order valence-electron chi connectivity index (χ0n) is 11.2. The minimum atomic E-state index is -0.875. The molecule has 1 aliphatic rings. The van der Waals surface area contributed by atoms with E-state index in [-0.39, 0.29) is 18.5 Å². The molecule has 0 spiro atoms. The Balaban J connectivity index is 2.23. The molecule has 1 aliphatic carbocycles. The van der Waals surface area contributed by atoms with E-state index in [9.17, 15) is 9.59 Å². The fourth-order valence-corrected chi connectivity index (χ4v) is 2.11. The van der Waals surface area contributed by atoms with Crippen molar-refractivity contribution in [1.29, 1.82) is 0 Å². The Morgan fingerprint density at radius 1 is 1.39 bits per heavy atom. The van der Waals surface area contributed by atoms with Gasteiger partial charge in [0, 0.05) is 12.6 Å². The maximum Gasteiger partial charge on any atom is 0.315 e. The predicted molar refractivity (Wildman–Crippen MR) is 69.4 cm³/mol. The van der Waals surface area contributed by atoms with E-state index in [1.165, 1.54) is 12.8 Å². The Morgan fingerprint density at radius 3 is 2.56 bits per heavy atom. The van der Waals surface area contributed by atoms with Gasteiger partial charge in [-0.3, -0.25) is 4.79 Å². The molecule has 0 aromatic carbocycles.